The minimum Gasteiger partial charge on any atom is -0.493 e. The zero-order chi connectivity index (χ0) is 25.3. The second-order valence-electron chi connectivity index (χ2n) is 6.97. The summed E-state index contributed by atoms with van der Waals surface area (Å²) in [5.41, 5.74) is 3.29. The highest BCUT2D eigenvalue weighted by Crippen LogP contribution is 2.44. The first kappa shape index (κ1) is 24.7. The molecule has 0 spiro atoms. The predicted molar refractivity (Wildman–Crippen MR) is 108 cm³/mol. The first-order valence-electron chi connectivity index (χ1n) is 9.42. The van der Waals surface area contributed by atoms with Gasteiger partial charge >= 0.3 is 18.3 Å². The van der Waals surface area contributed by atoms with E-state index in [1.807, 2.05) is 12.1 Å². The second-order valence-corrected chi connectivity index (χ2v) is 6.97. The predicted octanol–water partition coefficient (Wildman–Crippen LogP) is 5.39. The number of nitrogens with one attached hydrogen (secondary N) is 2. The lowest BCUT2D eigenvalue weighted by molar-refractivity contribution is -0.192. The van der Waals surface area contributed by atoms with Crippen LogP contribution in [0.5, 0.6) is 11.5 Å². The summed E-state index contributed by atoms with van der Waals surface area (Å²) >= 11 is 0. The Labute approximate surface area is 188 Å². The number of alkyl halides is 6. The molecule has 1 aliphatic carbocycles. The molecule has 0 saturated heterocycles. The van der Waals surface area contributed by atoms with E-state index in [-0.39, 0.29) is 0 Å². The maximum atomic E-state index is 12.9. The molecule has 13 heteroatoms. The number of hydrogen-bond acceptors (Lipinski definition) is 5. The van der Waals surface area contributed by atoms with Crippen molar-refractivity contribution < 1.29 is 45.7 Å². The van der Waals surface area contributed by atoms with Crippen molar-refractivity contribution in [2.75, 3.05) is 19.5 Å². The quantitative estimate of drug-likeness (QED) is 0.333. The van der Waals surface area contributed by atoms with E-state index in [0.29, 0.717) is 29.4 Å². The van der Waals surface area contributed by atoms with Crippen LogP contribution in [0.2, 0.25) is 0 Å². The van der Waals surface area contributed by atoms with E-state index in [9.17, 15) is 26.3 Å². The van der Waals surface area contributed by atoms with Crippen molar-refractivity contribution in [3.63, 3.8) is 0 Å². The molecular weight excluding hydrogens is 472 g/mol. The largest absolute Gasteiger partial charge is 0.493 e. The highest BCUT2D eigenvalue weighted by Gasteiger charge is 2.38. The number of aromatic amines is 1. The van der Waals surface area contributed by atoms with Crippen LogP contribution in [-0.2, 0) is 17.4 Å². The van der Waals surface area contributed by atoms with Crippen LogP contribution in [0.15, 0.2) is 36.4 Å². The molecule has 0 fully saturated rings. The Bertz CT molecular complexity index is 1200. The van der Waals surface area contributed by atoms with Crippen molar-refractivity contribution >= 4 is 17.5 Å². The molecule has 0 amide bonds. The van der Waals surface area contributed by atoms with Crippen molar-refractivity contribution in [3.8, 4) is 22.8 Å². The maximum Gasteiger partial charge on any atom is 0.490 e. The van der Waals surface area contributed by atoms with Crippen molar-refractivity contribution in [2.45, 2.75) is 18.8 Å². The van der Waals surface area contributed by atoms with Gasteiger partial charge in [-0.15, -0.1) is 0 Å². The summed E-state index contributed by atoms with van der Waals surface area (Å²) in [4.78, 5) is 8.90. The smallest absolute Gasteiger partial charge is 0.490 e. The first-order chi connectivity index (χ1) is 15.8. The minimum absolute atomic E-state index is 0.324. The number of carboxylic acid groups (broad SMARTS) is 1. The highest BCUT2D eigenvalue weighted by molar-refractivity contribution is 5.81. The van der Waals surface area contributed by atoms with Gasteiger partial charge < -0.3 is 19.9 Å². The van der Waals surface area contributed by atoms with Crippen LogP contribution in [-0.4, -0.2) is 41.7 Å². The number of aliphatic carboxylic acids is 1. The summed E-state index contributed by atoms with van der Waals surface area (Å²) in [7, 11) is 3.13. The maximum absolute atomic E-state index is 12.9. The Hall–Kier alpha value is -3.90. The molecule has 0 saturated carbocycles. The Morgan fingerprint density at radius 2 is 1.68 bits per heavy atom. The molecule has 182 valence electrons. The number of anilines is 2. The SMILES string of the molecule is COc1cc2c(cc1OC)-c1[nH]nc(Nc3cccc(C(F)(F)F)c3)c1C2.O=C(O)C(F)(F)F. The number of ether oxygens (including phenoxy) is 2. The molecule has 0 radical (unpaired) electrons. The van der Waals surface area contributed by atoms with Crippen molar-refractivity contribution in [1.29, 1.82) is 0 Å². The molecular formula is C21H17F6N3O4. The number of carbonyl (C=O) groups is 1. The summed E-state index contributed by atoms with van der Waals surface area (Å²) in [6.45, 7) is 0. The fourth-order valence-electron chi connectivity index (χ4n) is 3.26. The molecule has 0 aliphatic heterocycles. The van der Waals surface area contributed by atoms with Crippen LogP contribution >= 0.6 is 0 Å². The molecule has 0 bridgehead atoms. The summed E-state index contributed by atoms with van der Waals surface area (Å²) in [6, 6.07) is 8.80. The van der Waals surface area contributed by atoms with Crippen LogP contribution in [0.1, 0.15) is 16.7 Å². The Morgan fingerprint density at radius 3 is 2.24 bits per heavy atom. The van der Waals surface area contributed by atoms with E-state index in [1.165, 1.54) is 6.07 Å². The van der Waals surface area contributed by atoms with Crippen LogP contribution < -0.4 is 14.8 Å². The number of carboxylic acids is 1. The number of fused-ring (bicyclic) bond motifs is 3. The molecule has 34 heavy (non-hydrogen) atoms. The Balaban J connectivity index is 0.000000406. The number of hydrogen-bond donors (Lipinski definition) is 3. The normalized spacial score (nSPS) is 12.2. The van der Waals surface area contributed by atoms with Gasteiger partial charge in [0.1, 0.15) is 0 Å². The van der Waals surface area contributed by atoms with E-state index >= 15 is 0 Å². The molecule has 1 aliphatic rings. The summed E-state index contributed by atoms with van der Waals surface area (Å²) < 4.78 is 81.2. The average Bonchev–Trinajstić information content (AvgIpc) is 3.31. The third kappa shape index (κ3) is 5.18. The van der Waals surface area contributed by atoms with Gasteiger partial charge in [-0.05, 0) is 35.9 Å². The van der Waals surface area contributed by atoms with E-state index in [1.54, 1.807) is 20.3 Å². The second kappa shape index (κ2) is 9.15. The van der Waals surface area contributed by atoms with Gasteiger partial charge in [0.15, 0.2) is 17.3 Å². The van der Waals surface area contributed by atoms with Crippen molar-refractivity contribution in [3.05, 3.63) is 53.1 Å². The van der Waals surface area contributed by atoms with Crippen LogP contribution in [0, 0.1) is 0 Å². The lowest BCUT2D eigenvalue weighted by Gasteiger charge is -2.10. The fraction of sp³-hybridized carbons (Fsp3) is 0.238. The van der Waals surface area contributed by atoms with Gasteiger partial charge in [-0.1, -0.05) is 6.07 Å². The number of aromatic nitrogens is 2. The molecule has 0 atom stereocenters. The van der Waals surface area contributed by atoms with Gasteiger partial charge in [-0.2, -0.15) is 31.4 Å². The monoisotopic (exact) mass is 489 g/mol. The van der Waals surface area contributed by atoms with Gasteiger partial charge in [0, 0.05) is 23.2 Å². The number of nitrogens with zero attached hydrogens (tertiary/aromatic N) is 1. The zero-order valence-corrected chi connectivity index (χ0v) is 17.6. The summed E-state index contributed by atoms with van der Waals surface area (Å²) in [5.74, 6) is -1.03. The third-order valence-corrected chi connectivity index (χ3v) is 4.81. The zero-order valence-electron chi connectivity index (χ0n) is 17.6. The molecule has 7 nitrogen and oxygen atoms in total. The van der Waals surface area contributed by atoms with Crippen LogP contribution in [0.25, 0.3) is 11.3 Å². The minimum atomic E-state index is -5.08. The first-order valence-corrected chi connectivity index (χ1v) is 9.42. The molecule has 2 aromatic carbocycles. The van der Waals surface area contributed by atoms with Crippen molar-refractivity contribution in [1.82, 2.24) is 10.2 Å². The molecule has 4 rings (SSSR count). The number of benzene rings is 2. The number of halogens is 6. The van der Waals surface area contributed by atoms with Crippen LogP contribution in [0.3, 0.4) is 0 Å². The molecule has 3 aromatic rings. The van der Waals surface area contributed by atoms with Crippen molar-refractivity contribution in [2.24, 2.45) is 0 Å². The Morgan fingerprint density at radius 1 is 1.06 bits per heavy atom. The fourth-order valence-corrected chi connectivity index (χ4v) is 3.26. The van der Waals surface area contributed by atoms with Gasteiger partial charge in [0.2, 0.25) is 0 Å². The van der Waals surface area contributed by atoms with E-state index in [0.717, 1.165) is 34.5 Å². The summed E-state index contributed by atoms with van der Waals surface area (Å²) in [6.07, 6.45) is -8.89. The van der Waals surface area contributed by atoms with Gasteiger partial charge in [0.05, 0.1) is 25.5 Å². The van der Waals surface area contributed by atoms with Gasteiger partial charge in [0.25, 0.3) is 0 Å². The number of rotatable bonds is 4. The lowest BCUT2D eigenvalue weighted by atomic mass is 10.1. The lowest BCUT2D eigenvalue weighted by Crippen LogP contribution is -2.21. The molecule has 1 heterocycles. The topological polar surface area (TPSA) is 96.5 Å². The molecule has 0 unspecified atom stereocenters. The van der Waals surface area contributed by atoms with Gasteiger partial charge in [-0.3, -0.25) is 5.10 Å². The number of methoxy groups -OCH3 is 2. The third-order valence-electron chi connectivity index (χ3n) is 4.81. The van der Waals surface area contributed by atoms with Crippen LogP contribution in [0.4, 0.5) is 37.8 Å². The summed E-state index contributed by atoms with van der Waals surface area (Å²) in [5, 5.41) is 17.3. The van der Waals surface area contributed by atoms with Gasteiger partial charge in [-0.25, -0.2) is 4.79 Å². The van der Waals surface area contributed by atoms with E-state index in [2.05, 4.69) is 15.5 Å². The Kier molecular flexibility index (Phi) is 6.66. The van der Waals surface area contributed by atoms with E-state index in [4.69, 9.17) is 19.4 Å². The molecule has 3 N–H and O–H groups in total. The average molecular weight is 489 g/mol. The highest BCUT2D eigenvalue weighted by atomic mass is 19.4. The molecule has 1 aromatic heterocycles. The van der Waals surface area contributed by atoms with E-state index < -0.39 is 23.9 Å². The standard InChI is InChI=1S/C19H16F3N3O2.C2HF3O2/c1-26-15-7-10-6-14-17(13(10)9-16(15)27-2)24-25-18(14)23-12-5-3-4-11(8-12)19(20,21)22;3-2(4,5)1(6)7/h3-5,7-9H,6H2,1-2H3,(H2,23,24,25);(H,6,7). The number of H-pyrrole nitrogens is 1.